The van der Waals surface area contributed by atoms with Gasteiger partial charge in [0.2, 0.25) is 0 Å². The molecule has 0 aromatic carbocycles. The van der Waals surface area contributed by atoms with Gasteiger partial charge in [0.05, 0.1) is 5.92 Å². The van der Waals surface area contributed by atoms with Gasteiger partial charge >= 0.3 is 11.9 Å². The summed E-state index contributed by atoms with van der Waals surface area (Å²) in [4.78, 5) is 22.1. The van der Waals surface area contributed by atoms with Gasteiger partial charge in [0.15, 0.2) is 0 Å². The van der Waals surface area contributed by atoms with E-state index in [0.717, 1.165) is 0 Å². The fraction of sp³-hybridized carbons (Fsp3) is 0.692. The van der Waals surface area contributed by atoms with E-state index in [1.54, 1.807) is 27.7 Å². The van der Waals surface area contributed by atoms with Crippen molar-refractivity contribution in [1.82, 2.24) is 0 Å². The Kier molecular flexibility index (Phi) is 5.93. The van der Waals surface area contributed by atoms with Gasteiger partial charge in [0.1, 0.15) is 5.60 Å². The summed E-state index contributed by atoms with van der Waals surface area (Å²) in [6, 6.07) is 0. The number of carboxylic acid groups (broad SMARTS) is 1. The van der Waals surface area contributed by atoms with Crippen molar-refractivity contribution >= 4 is 11.9 Å². The van der Waals surface area contributed by atoms with E-state index in [2.05, 4.69) is 6.58 Å². The number of aliphatic carboxylic acids is 1. The molecule has 1 N–H and O–H groups in total. The van der Waals surface area contributed by atoms with Crippen LogP contribution in [0.1, 0.15) is 47.0 Å². The number of ether oxygens (including phenoxy) is 1. The van der Waals surface area contributed by atoms with Crippen LogP contribution in [0.5, 0.6) is 0 Å². The van der Waals surface area contributed by atoms with Gasteiger partial charge in [-0.1, -0.05) is 13.5 Å². The summed E-state index contributed by atoms with van der Waals surface area (Å²) in [5.74, 6) is -1.60. The molecule has 0 bridgehead atoms. The van der Waals surface area contributed by atoms with Gasteiger partial charge in [-0.3, -0.25) is 4.79 Å². The zero-order chi connectivity index (χ0) is 13.6. The van der Waals surface area contributed by atoms with Crippen LogP contribution in [-0.2, 0) is 14.3 Å². The van der Waals surface area contributed by atoms with Crippen molar-refractivity contribution in [2.75, 3.05) is 0 Å². The molecule has 0 fully saturated rings. The smallest absolute Gasteiger partial charge is 0.333 e. The lowest BCUT2D eigenvalue weighted by Gasteiger charge is -2.20. The molecule has 0 spiro atoms. The van der Waals surface area contributed by atoms with E-state index in [4.69, 9.17) is 9.84 Å². The van der Waals surface area contributed by atoms with Crippen molar-refractivity contribution in [3.8, 4) is 0 Å². The normalized spacial score (nSPS) is 12.9. The van der Waals surface area contributed by atoms with Crippen LogP contribution in [0.4, 0.5) is 0 Å². The second-order valence-corrected chi connectivity index (χ2v) is 5.24. The van der Waals surface area contributed by atoms with E-state index in [9.17, 15) is 9.59 Å². The number of hydrogen-bond acceptors (Lipinski definition) is 3. The second kappa shape index (κ2) is 6.42. The minimum absolute atomic E-state index is 0.388. The highest BCUT2D eigenvalue weighted by Gasteiger charge is 2.18. The SMILES string of the molecule is C=C(CCC[C@H](C)C(=O)O)C(=O)OC(C)(C)C. The van der Waals surface area contributed by atoms with Crippen molar-refractivity contribution in [1.29, 1.82) is 0 Å². The van der Waals surface area contributed by atoms with E-state index in [0.29, 0.717) is 24.8 Å². The summed E-state index contributed by atoms with van der Waals surface area (Å²) in [5, 5.41) is 8.70. The van der Waals surface area contributed by atoms with Gasteiger partial charge < -0.3 is 9.84 Å². The van der Waals surface area contributed by atoms with Crippen LogP contribution >= 0.6 is 0 Å². The fourth-order valence-corrected chi connectivity index (χ4v) is 1.20. The summed E-state index contributed by atoms with van der Waals surface area (Å²) >= 11 is 0. The van der Waals surface area contributed by atoms with Gasteiger partial charge in [-0.05, 0) is 40.0 Å². The number of carboxylic acids is 1. The monoisotopic (exact) mass is 242 g/mol. The minimum Gasteiger partial charge on any atom is -0.481 e. The molecule has 0 saturated carbocycles. The Morgan fingerprint density at radius 2 is 1.88 bits per heavy atom. The van der Waals surface area contributed by atoms with Crippen molar-refractivity contribution in [3.05, 3.63) is 12.2 Å². The summed E-state index contributed by atoms with van der Waals surface area (Å²) in [7, 11) is 0. The topological polar surface area (TPSA) is 63.6 Å². The van der Waals surface area contributed by atoms with Gasteiger partial charge in [-0.15, -0.1) is 0 Å². The van der Waals surface area contributed by atoms with E-state index < -0.39 is 17.5 Å². The third kappa shape index (κ3) is 7.55. The van der Waals surface area contributed by atoms with Crippen molar-refractivity contribution in [2.45, 2.75) is 52.6 Å². The first kappa shape index (κ1) is 15.7. The molecule has 4 nitrogen and oxygen atoms in total. The highest BCUT2D eigenvalue weighted by molar-refractivity contribution is 5.87. The van der Waals surface area contributed by atoms with Gasteiger partial charge in [-0.2, -0.15) is 0 Å². The molecule has 0 radical (unpaired) electrons. The quantitative estimate of drug-likeness (QED) is 0.574. The van der Waals surface area contributed by atoms with E-state index in [-0.39, 0.29) is 5.92 Å². The van der Waals surface area contributed by atoms with Gasteiger partial charge in [0.25, 0.3) is 0 Å². The lowest BCUT2D eigenvalue weighted by molar-refractivity contribution is -0.150. The first-order chi connectivity index (χ1) is 7.63. The van der Waals surface area contributed by atoms with Gasteiger partial charge in [-0.25, -0.2) is 4.79 Å². The van der Waals surface area contributed by atoms with Crippen LogP contribution in [0.2, 0.25) is 0 Å². The van der Waals surface area contributed by atoms with Crippen molar-refractivity contribution in [3.63, 3.8) is 0 Å². The molecule has 0 aliphatic carbocycles. The van der Waals surface area contributed by atoms with Crippen LogP contribution in [0.15, 0.2) is 12.2 Å². The largest absolute Gasteiger partial charge is 0.481 e. The molecule has 0 unspecified atom stereocenters. The average Bonchev–Trinajstić information content (AvgIpc) is 2.14. The minimum atomic E-state index is -0.812. The standard InChI is InChI=1S/C13H22O4/c1-9(11(14)15)7-6-8-10(2)12(16)17-13(3,4)5/h9H,2,6-8H2,1,3-5H3,(H,14,15)/t9-/m0/s1. The molecule has 1 atom stereocenters. The molecule has 98 valence electrons. The molecular weight excluding hydrogens is 220 g/mol. The summed E-state index contributed by atoms with van der Waals surface area (Å²) < 4.78 is 5.15. The van der Waals surface area contributed by atoms with Crippen molar-refractivity contribution in [2.24, 2.45) is 5.92 Å². The summed E-state index contributed by atoms with van der Waals surface area (Å²) in [6.45, 7) is 10.7. The van der Waals surface area contributed by atoms with E-state index >= 15 is 0 Å². The zero-order valence-corrected chi connectivity index (χ0v) is 11.1. The van der Waals surface area contributed by atoms with E-state index in [1.807, 2.05) is 0 Å². The van der Waals surface area contributed by atoms with Crippen LogP contribution in [-0.4, -0.2) is 22.6 Å². The van der Waals surface area contributed by atoms with Crippen LogP contribution < -0.4 is 0 Å². The Morgan fingerprint density at radius 3 is 2.29 bits per heavy atom. The Morgan fingerprint density at radius 1 is 1.35 bits per heavy atom. The molecule has 0 aromatic heterocycles. The van der Waals surface area contributed by atoms with Crippen LogP contribution in [0, 0.1) is 5.92 Å². The molecule has 0 aliphatic rings. The first-order valence-electron chi connectivity index (χ1n) is 5.77. The maximum absolute atomic E-state index is 11.5. The second-order valence-electron chi connectivity index (χ2n) is 5.24. The number of rotatable bonds is 6. The van der Waals surface area contributed by atoms with E-state index in [1.165, 1.54) is 0 Å². The number of esters is 1. The summed E-state index contributed by atoms with van der Waals surface area (Å²) in [6.07, 6.45) is 1.65. The zero-order valence-electron chi connectivity index (χ0n) is 11.1. The molecule has 0 amide bonds. The lowest BCUT2D eigenvalue weighted by atomic mass is 10.0. The van der Waals surface area contributed by atoms with Gasteiger partial charge in [0, 0.05) is 5.57 Å². The Balaban J connectivity index is 3.95. The Bertz CT molecular complexity index is 299. The predicted molar refractivity (Wildman–Crippen MR) is 65.6 cm³/mol. The van der Waals surface area contributed by atoms with Crippen molar-refractivity contribution < 1.29 is 19.4 Å². The van der Waals surface area contributed by atoms with Crippen LogP contribution in [0.25, 0.3) is 0 Å². The molecule has 17 heavy (non-hydrogen) atoms. The molecule has 0 rings (SSSR count). The van der Waals surface area contributed by atoms with Crippen LogP contribution in [0.3, 0.4) is 0 Å². The lowest BCUT2D eigenvalue weighted by Crippen LogP contribution is -2.24. The molecule has 0 aromatic rings. The average molecular weight is 242 g/mol. The third-order valence-corrected chi connectivity index (χ3v) is 2.22. The third-order valence-electron chi connectivity index (χ3n) is 2.22. The predicted octanol–water partition coefficient (Wildman–Crippen LogP) is 2.78. The highest BCUT2D eigenvalue weighted by Crippen LogP contribution is 2.16. The molecule has 0 heterocycles. The fourth-order valence-electron chi connectivity index (χ4n) is 1.20. The maximum Gasteiger partial charge on any atom is 0.333 e. The summed E-state index contributed by atoms with van der Waals surface area (Å²) in [5.41, 5.74) is -0.119. The Hall–Kier alpha value is -1.32. The maximum atomic E-state index is 11.5. The molecular formula is C13H22O4. The number of hydrogen-bond donors (Lipinski definition) is 1. The molecule has 0 saturated heterocycles. The Labute approximate surface area is 103 Å². The number of carbonyl (C=O) groups excluding carboxylic acids is 1. The molecule has 4 heteroatoms. The molecule has 0 aliphatic heterocycles. The first-order valence-corrected chi connectivity index (χ1v) is 5.77. The highest BCUT2D eigenvalue weighted by atomic mass is 16.6. The number of carbonyl (C=O) groups is 2.